The standard InChI is InChI=1S/C17H22N2O3/c1-21-14-7-5-6-13-12-15(22-16(13)14)17(20)18-8-11-19-9-3-2-4-10-19/h5-7,12H,2-4,8-11H2,1H3,(H,18,20). The van der Waals surface area contributed by atoms with Crippen molar-refractivity contribution in [3.05, 3.63) is 30.0 Å². The zero-order valence-corrected chi connectivity index (χ0v) is 12.9. The molecular weight excluding hydrogens is 280 g/mol. The van der Waals surface area contributed by atoms with Gasteiger partial charge in [-0.2, -0.15) is 0 Å². The zero-order chi connectivity index (χ0) is 15.4. The molecule has 1 aliphatic heterocycles. The normalized spacial score (nSPS) is 15.9. The van der Waals surface area contributed by atoms with Crippen LogP contribution in [0.3, 0.4) is 0 Å². The van der Waals surface area contributed by atoms with E-state index >= 15 is 0 Å². The Labute approximate surface area is 130 Å². The fraction of sp³-hybridized carbons (Fsp3) is 0.471. The number of amides is 1. The molecular formula is C17H22N2O3. The lowest BCUT2D eigenvalue weighted by Gasteiger charge is -2.26. The number of benzene rings is 1. The van der Waals surface area contributed by atoms with Crippen LogP contribution < -0.4 is 10.1 Å². The van der Waals surface area contributed by atoms with E-state index in [1.807, 2.05) is 18.2 Å². The Hall–Kier alpha value is -2.01. The monoisotopic (exact) mass is 302 g/mol. The Bertz CT molecular complexity index is 644. The van der Waals surface area contributed by atoms with E-state index in [2.05, 4.69) is 10.2 Å². The van der Waals surface area contributed by atoms with Crippen LogP contribution in [0.4, 0.5) is 0 Å². The van der Waals surface area contributed by atoms with E-state index in [0.717, 1.165) is 25.0 Å². The zero-order valence-electron chi connectivity index (χ0n) is 12.9. The van der Waals surface area contributed by atoms with Gasteiger partial charge in [-0.25, -0.2) is 0 Å². The van der Waals surface area contributed by atoms with Crippen molar-refractivity contribution in [1.82, 2.24) is 10.2 Å². The molecule has 1 aliphatic rings. The molecule has 1 amide bonds. The number of methoxy groups -OCH3 is 1. The predicted molar refractivity (Wildman–Crippen MR) is 85.4 cm³/mol. The molecule has 2 aromatic rings. The fourth-order valence-electron chi connectivity index (χ4n) is 2.91. The lowest BCUT2D eigenvalue weighted by atomic mass is 10.1. The first kappa shape index (κ1) is 14.9. The van der Waals surface area contributed by atoms with Crippen molar-refractivity contribution in [1.29, 1.82) is 0 Å². The summed E-state index contributed by atoms with van der Waals surface area (Å²) in [6.45, 7) is 3.82. The summed E-state index contributed by atoms with van der Waals surface area (Å²) < 4.78 is 10.9. The second-order valence-corrected chi connectivity index (χ2v) is 5.65. The number of fused-ring (bicyclic) bond motifs is 1. The van der Waals surface area contributed by atoms with Crippen molar-refractivity contribution in [3.8, 4) is 5.75 Å². The van der Waals surface area contributed by atoms with Crippen LogP contribution in [0.1, 0.15) is 29.8 Å². The lowest BCUT2D eigenvalue weighted by Crippen LogP contribution is -2.37. The van der Waals surface area contributed by atoms with Gasteiger partial charge in [0.15, 0.2) is 17.1 Å². The van der Waals surface area contributed by atoms with Gasteiger partial charge in [0.05, 0.1) is 7.11 Å². The number of carbonyl (C=O) groups excluding carboxylic acids is 1. The molecule has 3 rings (SSSR count). The van der Waals surface area contributed by atoms with E-state index in [4.69, 9.17) is 9.15 Å². The van der Waals surface area contributed by atoms with Gasteiger partial charge < -0.3 is 19.4 Å². The number of ether oxygens (including phenoxy) is 1. The molecule has 1 N–H and O–H groups in total. The summed E-state index contributed by atoms with van der Waals surface area (Å²) in [7, 11) is 1.59. The van der Waals surface area contributed by atoms with Gasteiger partial charge in [-0.15, -0.1) is 0 Å². The summed E-state index contributed by atoms with van der Waals surface area (Å²) in [5.74, 6) is 0.804. The summed E-state index contributed by atoms with van der Waals surface area (Å²) in [4.78, 5) is 14.6. The Morgan fingerprint density at radius 3 is 2.91 bits per heavy atom. The van der Waals surface area contributed by atoms with E-state index in [1.54, 1.807) is 13.2 Å². The van der Waals surface area contributed by atoms with E-state index in [9.17, 15) is 4.79 Å². The molecule has 5 heteroatoms. The summed E-state index contributed by atoms with van der Waals surface area (Å²) in [6, 6.07) is 7.37. The first-order valence-corrected chi connectivity index (χ1v) is 7.85. The Balaban J connectivity index is 1.60. The van der Waals surface area contributed by atoms with Gasteiger partial charge in [0.25, 0.3) is 5.91 Å². The van der Waals surface area contributed by atoms with Gasteiger partial charge in [0.2, 0.25) is 0 Å². The van der Waals surface area contributed by atoms with Gasteiger partial charge >= 0.3 is 0 Å². The van der Waals surface area contributed by atoms with E-state index in [0.29, 0.717) is 23.6 Å². The highest BCUT2D eigenvalue weighted by Crippen LogP contribution is 2.28. The van der Waals surface area contributed by atoms with Crippen molar-refractivity contribution in [2.24, 2.45) is 0 Å². The number of hydrogen-bond acceptors (Lipinski definition) is 4. The molecule has 0 bridgehead atoms. The van der Waals surface area contributed by atoms with Crippen LogP contribution in [0.15, 0.2) is 28.7 Å². The highest BCUT2D eigenvalue weighted by molar-refractivity contribution is 5.97. The molecule has 5 nitrogen and oxygen atoms in total. The van der Waals surface area contributed by atoms with Gasteiger partial charge in [0, 0.05) is 18.5 Å². The summed E-state index contributed by atoms with van der Waals surface area (Å²) >= 11 is 0. The fourth-order valence-corrected chi connectivity index (χ4v) is 2.91. The first-order chi connectivity index (χ1) is 10.8. The van der Waals surface area contributed by atoms with Crippen LogP contribution >= 0.6 is 0 Å². The smallest absolute Gasteiger partial charge is 0.287 e. The molecule has 0 saturated carbocycles. The Kier molecular flexibility index (Phi) is 4.63. The van der Waals surface area contributed by atoms with E-state index in [1.165, 1.54) is 19.3 Å². The quantitative estimate of drug-likeness (QED) is 0.922. The maximum atomic E-state index is 12.2. The number of carbonyl (C=O) groups is 1. The SMILES string of the molecule is COc1cccc2cc(C(=O)NCCN3CCCCC3)oc12. The number of para-hydroxylation sites is 1. The maximum Gasteiger partial charge on any atom is 0.287 e. The number of nitrogens with one attached hydrogen (secondary N) is 1. The summed E-state index contributed by atoms with van der Waals surface area (Å²) in [5.41, 5.74) is 0.617. The van der Waals surface area contributed by atoms with Crippen LogP contribution in [0.2, 0.25) is 0 Å². The van der Waals surface area contributed by atoms with Gasteiger partial charge in [-0.05, 0) is 38.1 Å². The van der Waals surface area contributed by atoms with Crippen molar-refractivity contribution < 1.29 is 13.9 Å². The van der Waals surface area contributed by atoms with Gasteiger partial charge in [0.1, 0.15) is 0 Å². The van der Waals surface area contributed by atoms with Gasteiger partial charge in [-0.3, -0.25) is 4.79 Å². The third-order valence-electron chi connectivity index (χ3n) is 4.11. The second kappa shape index (κ2) is 6.83. The predicted octanol–water partition coefficient (Wildman–Crippen LogP) is 2.66. The molecule has 2 heterocycles. The second-order valence-electron chi connectivity index (χ2n) is 5.65. The van der Waals surface area contributed by atoms with Crippen LogP contribution in [0.25, 0.3) is 11.0 Å². The number of rotatable bonds is 5. The van der Waals surface area contributed by atoms with Crippen LogP contribution in [-0.2, 0) is 0 Å². The van der Waals surface area contributed by atoms with Crippen molar-refractivity contribution in [3.63, 3.8) is 0 Å². The molecule has 0 spiro atoms. The Morgan fingerprint density at radius 2 is 2.14 bits per heavy atom. The highest BCUT2D eigenvalue weighted by atomic mass is 16.5. The van der Waals surface area contributed by atoms with Crippen molar-refractivity contribution in [2.75, 3.05) is 33.3 Å². The average molecular weight is 302 g/mol. The summed E-state index contributed by atoms with van der Waals surface area (Å²) in [5, 5.41) is 3.81. The van der Waals surface area contributed by atoms with Crippen LogP contribution in [0.5, 0.6) is 5.75 Å². The molecule has 0 radical (unpaired) electrons. The number of likely N-dealkylation sites (tertiary alicyclic amines) is 1. The number of piperidine rings is 1. The molecule has 0 atom stereocenters. The van der Waals surface area contributed by atoms with E-state index in [-0.39, 0.29) is 5.91 Å². The molecule has 0 unspecified atom stereocenters. The maximum absolute atomic E-state index is 12.2. The van der Waals surface area contributed by atoms with Crippen molar-refractivity contribution in [2.45, 2.75) is 19.3 Å². The van der Waals surface area contributed by atoms with Gasteiger partial charge in [-0.1, -0.05) is 18.6 Å². The van der Waals surface area contributed by atoms with Crippen LogP contribution in [-0.4, -0.2) is 44.1 Å². The Morgan fingerprint density at radius 1 is 1.32 bits per heavy atom. The summed E-state index contributed by atoms with van der Waals surface area (Å²) in [6.07, 6.45) is 3.85. The van der Waals surface area contributed by atoms with Crippen LogP contribution in [0, 0.1) is 0 Å². The van der Waals surface area contributed by atoms with Crippen molar-refractivity contribution >= 4 is 16.9 Å². The average Bonchev–Trinajstić information content (AvgIpc) is 3.00. The minimum atomic E-state index is -0.171. The molecule has 118 valence electrons. The third kappa shape index (κ3) is 3.25. The third-order valence-corrected chi connectivity index (χ3v) is 4.11. The molecule has 0 aliphatic carbocycles. The number of furan rings is 1. The highest BCUT2D eigenvalue weighted by Gasteiger charge is 2.15. The lowest BCUT2D eigenvalue weighted by molar-refractivity contribution is 0.0921. The molecule has 1 aromatic heterocycles. The number of nitrogens with zero attached hydrogens (tertiary/aromatic N) is 1. The molecule has 1 aromatic carbocycles. The first-order valence-electron chi connectivity index (χ1n) is 7.85. The molecule has 1 saturated heterocycles. The largest absolute Gasteiger partial charge is 0.493 e. The van der Waals surface area contributed by atoms with E-state index < -0.39 is 0 Å². The molecule has 1 fully saturated rings. The minimum Gasteiger partial charge on any atom is -0.493 e. The molecule has 22 heavy (non-hydrogen) atoms. The minimum absolute atomic E-state index is 0.171. The topological polar surface area (TPSA) is 54.7 Å². The number of hydrogen-bond donors (Lipinski definition) is 1.